The molecule has 0 aliphatic heterocycles. The van der Waals surface area contributed by atoms with Gasteiger partial charge >= 0.3 is 0 Å². The van der Waals surface area contributed by atoms with E-state index in [0.29, 0.717) is 0 Å². The van der Waals surface area contributed by atoms with Gasteiger partial charge in [0.25, 0.3) is 0 Å². The number of hydrogen-bond donors (Lipinski definition) is 0. The lowest BCUT2D eigenvalue weighted by Gasteiger charge is -2.01. The van der Waals surface area contributed by atoms with Crippen LogP contribution in [0.1, 0.15) is 40.5 Å². The maximum Gasteiger partial charge on any atom is -0.0279 e. The van der Waals surface area contributed by atoms with E-state index in [4.69, 9.17) is 0 Å². The summed E-state index contributed by atoms with van der Waals surface area (Å²) in [5.74, 6) is 0. The lowest BCUT2D eigenvalue weighted by molar-refractivity contribution is 0.918. The van der Waals surface area contributed by atoms with Crippen LogP contribution in [0.4, 0.5) is 0 Å². The second kappa shape index (κ2) is 10.2. The minimum atomic E-state index is 1.11. The van der Waals surface area contributed by atoms with Crippen molar-refractivity contribution in [3.05, 3.63) is 36.5 Å². The van der Waals surface area contributed by atoms with Crippen molar-refractivity contribution in [2.75, 3.05) is 0 Å². The highest BCUT2D eigenvalue weighted by molar-refractivity contribution is 5.29. The molecule has 0 aromatic heterocycles. The Morgan fingerprint density at radius 2 is 1.67 bits per heavy atom. The lowest BCUT2D eigenvalue weighted by atomic mass is 10.1. The second-order valence-corrected chi connectivity index (χ2v) is 2.37. The van der Waals surface area contributed by atoms with Crippen LogP contribution in [0.15, 0.2) is 36.5 Å². The van der Waals surface area contributed by atoms with E-state index in [1.165, 1.54) is 17.6 Å². The van der Waals surface area contributed by atoms with E-state index in [0.717, 1.165) is 6.42 Å². The molecule has 0 nitrogen and oxygen atoms in total. The summed E-state index contributed by atoms with van der Waals surface area (Å²) in [6.45, 7) is 15.7. The molecule has 0 heteroatoms. The summed E-state index contributed by atoms with van der Waals surface area (Å²) in [5.41, 5.74) is 2.56. The monoisotopic (exact) mass is 166 g/mol. The molecule has 0 unspecified atom stereocenters. The predicted octanol–water partition coefficient (Wildman–Crippen LogP) is 4.50. The van der Waals surface area contributed by atoms with Crippen molar-refractivity contribution < 1.29 is 0 Å². The quantitative estimate of drug-likeness (QED) is 0.539. The molecule has 0 amide bonds. The molecule has 0 aromatic carbocycles. The summed E-state index contributed by atoms with van der Waals surface area (Å²) in [5, 5.41) is 0. The Bertz CT molecular complexity index is 149. The molecule has 0 rings (SSSR count). The molecule has 0 atom stereocenters. The van der Waals surface area contributed by atoms with Crippen molar-refractivity contribution >= 4 is 0 Å². The third-order valence-corrected chi connectivity index (χ3v) is 1.58. The summed E-state index contributed by atoms with van der Waals surface area (Å²) < 4.78 is 0. The summed E-state index contributed by atoms with van der Waals surface area (Å²) in [4.78, 5) is 0. The Kier molecular flexibility index (Phi) is 11.7. The minimum absolute atomic E-state index is 1.11. The van der Waals surface area contributed by atoms with Gasteiger partial charge in [0.1, 0.15) is 0 Å². The summed E-state index contributed by atoms with van der Waals surface area (Å²) in [6.07, 6.45) is 6.08. The van der Waals surface area contributed by atoms with Crippen LogP contribution in [-0.2, 0) is 0 Å². The Morgan fingerprint density at radius 1 is 1.17 bits per heavy atom. The molecule has 0 saturated carbocycles. The van der Waals surface area contributed by atoms with Gasteiger partial charge in [-0.2, -0.15) is 0 Å². The van der Waals surface area contributed by atoms with Crippen molar-refractivity contribution in [2.45, 2.75) is 40.5 Å². The maximum absolute atomic E-state index is 3.74. The average Bonchev–Trinajstić information content (AvgIpc) is 2.16. The highest BCUT2D eigenvalue weighted by Gasteiger charge is 1.91. The molecule has 0 radical (unpaired) electrons. The molecule has 0 fully saturated rings. The van der Waals surface area contributed by atoms with E-state index >= 15 is 0 Å². The van der Waals surface area contributed by atoms with Gasteiger partial charge in [-0.25, -0.2) is 0 Å². The van der Waals surface area contributed by atoms with Crippen molar-refractivity contribution in [3.8, 4) is 0 Å². The topological polar surface area (TPSA) is 0 Å². The van der Waals surface area contributed by atoms with Crippen molar-refractivity contribution in [1.29, 1.82) is 0 Å². The van der Waals surface area contributed by atoms with Gasteiger partial charge in [-0.1, -0.05) is 52.5 Å². The first kappa shape index (κ1) is 13.8. The zero-order chi connectivity index (χ0) is 9.98. The fourth-order valence-corrected chi connectivity index (χ4v) is 0.861. The molecule has 0 aliphatic rings. The van der Waals surface area contributed by atoms with Crippen LogP contribution < -0.4 is 0 Å². The largest absolute Gasteiger partial charge is 0.0988 e. The summed E-state index contributed by atoms with van der Waals surface area (Å²) >= 11 is 0. The molecule has 0 heterocycles. The third kappa shape index (κ3) is 5.96. The van der Waals surface area contributed by atoms with Crippen LogP contribution >= 0.6 is 0 Å². The van der Waals surface area contributed by atoms with E-state index < -0.39 is 0 Å². The number of rotatable bonds is 4. The molecule has 70 valence electrons. The van der Waals surface area contributed by atoms with E-state index in [1.807, 2.05) is 26.0 Å². The molecular formula is C12H22. The van der Waals surface area contributed by atoms with Crippen molar-refractivity contribution in [3.63, 3.8) is 0 Å². The first-order chi connectivity index (χ1) is 5.76. The first-order valence-electron chi connectivity index (χ1n) is 4.70. The van der Waals surface area contributed by atoms with Crippen LogP contribution in [0.25, 0.3) is 0 Å². The van der Waals surface area contributed by atoms with Gasteiger partial charge in [-0.15, -0.1) is 0 Å². The molecule has 12 heavy (non-hydrogen) atoms. The average molecular weight is 166 g/mol. The molecule has 0 bridgehead atoms. The molecular weight excluding hydrogens is 144 g/mol. The van der Waals surface area contributed by atoms with E-state index in [2.05, 4.69) is 27.0 Å². The van der Waals surface area contributed by atoms with Crippen molar-refractivity contribution in [2.24, 2.45) is 0 Å². The standard InChI is InChI=1S/C10H16.C2H6/c1-5-8-10(7-3)9(4)6-2;1-2/h6-7H,2-3,5,8H2,1,4H3;1-2H3/b10-9+;. The van der Waals surface area contributed by atoms with Crippen LogP contribution in [0, 0.1) is 0 Å². The number of allylic oxidation sites excluding steroid dienone is 4. The number of hydrogen-bond acceptors (Lipinski definition) is 0. The first-order valence-corrected chi connectivity index (χ1v) is 4.70. The summed E-state index contributed by atoms with van der Waals surface area (Å²) in [6, 6.07) is 0. The normalized spacial score (nSPS) is 10.7. The van der Waals surface area contributed by atoms with E-state index in [1.54, 1.807) is 0 Å². The Labute approximate surface area is 77.7 Å². The van der Waals surface area contributed by atoms with Gasteiger partial charge in [0, 0.05) is 0 Å². The SMILES string of the molecule is C=C/C(C)=C(\C=C)CCC.CC. The van der Waals surface area contributed by atoms with Crippen LogP contribution in [-0.4, -0.2) is 0 Å². The molecule has 0 N–H and O–H groups in total. The lowest BCUT2D eigenvalue weighted by Crippen LogP contribution is -1.81. The fourth-order valence-electron chi connectivity index (χ4n) is 0.861. The van der Waals surface area contributed by atoms with Gasteiger partial charge in [-0.05, 0) is 24.5 Å². The summed E-state index contributed by atoms with van der Waals surface area (Å²) in [7, 11) is 0. The Morgan fingerprint density at radius 3 is 1.92 bits per heavy atom. The van der Waals surface area contributed by atoms with E-state index in [-0.39, 0.29) is 0 Å². The van der Waals surface area contributed by atoms with Crippen LogP contribution in [0.2, 0.25) is 0 Å². The Balaban J connectivity index is 0. The fraction of sp³-hybridized carbons (Fsp3) is 0.500. The van der Waals surface area contributed by atoms with Gasteiger partial charge in [0.15, 0.2) is 0 Å². The highest BCUT2D eigenvalue weighted by atomic mass is 14.0. The molecule has 0 spiro atoms. The van der Waals surface area contributed by atoms with Crippen LogP contribution in [0.5, 0.6) is 0 Å². The predicted molar refractivity (Wildman–Crippen MR) is 59.4 cm³/mol. The van der Waals surface area contributed by atoms with E-state index in [9.17, 15) is 0 Å². The maximum atomic E-state index is 3.74. The van der Waals surface area contributed by atoms with Gasteiger partial charge in [0.05, 0.1) is 0 Å². The second-order valence-electron chi connectivity index (χ2n) is 2.37. The molecule has 0 saturated heterocycles. The molecule has 0 aliphatic carbocycles. The smallest absolute Gasteiger partial charge is 0.0279 e. The molecule has 0 aromatic rings. The zero-order valence-corrected chi connectivity index (χ0v) is 8.98. The zero-order valence-electron chi connectivity index (χ0n) is 8.98. The van der Waals surface area contributed by atoms with Crippen molar-refractivity contribution in [1.82, 2.24) is 0 Å². The Hall–Kier alpha value is -0.780. The van der Waals surface area contributed by atoms with Gasteiger partial charge in [-0.3, -0.25) is 0 Å². The minimum Gasteiger partial charge on any atom is -0.0988 e. The van der Waals surface area contributed by atoms with Gasteiger partial charge in [0.2, 0.25) is 0 Å². The highest BCUT2D eigenvalue weighted by Crippen LogP contribution is 2.11. The van der Waals surface area contributed by atoms with Gasteiger partial charge < -0.3 is 0 Å². The van der Waals surface area contributed by atoms with Crippen LogP contribution in [0.3, 0.4) is 0 Å². The third-order valence-electron chi connectivity index (χ3n) is 1.58.